The molecule has 0 bridgehead atoms. The van der Waals surface area contributed by atoms with E-state index in [1.165, 1.54) is 19.3 Å². The smallest absolute Gasteiger partial charge is 0.171 e. The molecule has 0 aromatic rings. The summed E-state index contributed by atoms with van der Waals surface area (Å²) >= 11 is 0. The average Bonchev–Trinajstić information content (AvgIpc) is 2.27. The molecule has 0 nitrogen and oxygen atoms in total. The fourth-order valence-corrected chi connectivity index (χ4v) is 2.40. The third-order valence-electron chi connectivity index (χ3n) is 3.45. The third-order valence-corrected chi connectivity index (χ3v) is 3.45. The third kappa shape index (κ3) is 12.3. The van der Waals surface area contributed by atoms with Gasteiger partial charge in [0, 0.05) is 6.42 Å². The topological polar surface area (TPSA) is 0 Å². The maximum absolute atomic E-state index is 12.4. The van der Waals surface area contributed by atoms with Crippen LogP contribution in [0.4, 0.5) is 13.2 Å². The van der Waals surface area contributed by atoms with Gasteiger partial charge in [0.2, 0.25) is 0 Å². The molecule has 0 radical (unpaired) electrons. The number of alkyl halides is 3. The van der Waals surface area contributed by atoms with E-state index in [9.17, 15) is 13.2 Å². The quantitative estimate of drug-likeness (QED) is 0.375. The fourth-order valence-electron chi connectivity index (χ4n) is 2.40. The second kappa shape index (κ2) is 10.7. The number of halogens is 3. The largest absolute Gasteiger partial charge is 0.389 e. The van der Waals surface area contributed by atoms with Gasteiger partial charge in [0.15, 0.2) is 0 Å². The first-order chi connectivity index (χ1) is 8.49. The molecule has 0 fully saturated rings. The van der Waals surface area contributed by atoms with Gasteiger partial charge in [0.1, 0.15) is 0 Å². The van der Waals surface area contributed by atoms with Gasteiger partial charge in [0.05, 0.1) is 0 Å². The Morgan fingerprint density at radius 2 is 1.17 bits per heavy atom. The van der Waals surface area contributed by atoms with Crippen molar-refractivity contribution in [1.29, 1.82) is 0 Å². The van der Waals surface area contributed by atoms with Crippen LogP contribution in [0.5, 0.6) is 0 Å². The van der Waals surface area contributed by atoms with Crippen molar-refractivity contribution in [3.8, 4) is 0 Å². The minimum absolute atomic E-state index is 0.141. The van der Waals surface area contributed by atoms with Crippen LogP contribution in [0, 0.1) is 5.92 Å². The maximum Gasteiger partial charge on any atom is 0.389 e. The van der Waals surface area contributed by atoms with E-state index in [0.717, 1.165) is 44.9 Å². The van der Waals surface area contributed by atoms with Crippen molar-refractivity contribution in [2.24, 2.45) is 5.92 Å². The molecule has 0 rings (SSSR count). The van der Waals surface area contributed by atoms with E-state index in [-0.39, 0.29) is 5.92 Å². The Labute approximate surface area is 110 Å². The van der Waals surface area contributed by atoms with Crippen molar-refractivity contribution in [3.63, 3.8) is 0 Å². The van der Waals surface area contributed by atoms with Crippen LogP contribution in [0.25, 0.3) is 0 Å². The fraction of sp³-hybridized carbons (Fsp3) is 1.00. The number of hydrogen-bond acceptors (Lipinski definition) is 0. The molecule has 0 saturated carbocycles. The highest BCUT2D eigenvalue weighted by Crippen LogP contribution is 2.31. The molecule has 1 unspecified atom stereocenters. The van der Waals surface area contributed by atoms with Gasteiger partial charge in [-0.3, -0.25) is 0 Å². The summed E-state index contributed by atoms with van der Waals surface area (Å²) in [6.45, 7) is 4.24. The minimum Gasteiger partial charge on any atom is -0.171 e. The van der Waals surface area contributed by atoms with Crippen molar-refractivity contribution in [1.82, 2.24) is 0 Å². The molecular formula is C15H29F3. The SMILES string of the molecule is CCCCCCCC(CCCCC)CC(F)(F)F. The first kappa shape index (κ1) is 17.8. The Bertz CT molecular complexity index is 175. The molecule has 0 heterocycles. The lowest BCUT2D eigenvalue weighted by molar-refractivity contribution is -0.145. The van der Waals surface area contributed by atoms with Gasteiger partial charge < -0.3 is 0 Å². The van der Waals surface area contributed by atoms with Gasteiger partial charge in [-0.1, -0.05) is 78.1 Å². The molecule has 0 aromatic carbocycles. The molecule has 0 N–H and O–H groups in total. The van der Waals surface area contributed by atoms with E-state index >= 15 is 0 Å². The Morgan fingerprint density at radius 1 is 0.722 bits per heavy atom. The maximum atomic E-state index is 12.4. The van der Waals surface area contributed by atoms with Gasteiger partial charge >= 0.3 is 6.18 Å². The van der Waals surface area contributed by atoms with Crippen LogP contribution in [0.1, 0.15) is 84.5 Å². The molecule has 0 spiro atoms. The number of hydrogen-bond donors (Lipinski definition) is 0. The second-order valence-electron chi connectivity index (χ2n) is 5.38. The highest BCUT2D eigenvalue weighted by atomic mass is 19.4. The van der Waals surface area contributed by atoms with Gasteiger partial charge in [-0.2, -0.15) is 13.2 Å². The monoisotopic (exact) mass is 266 g/mol. The van der Waals surface area contributed by atoms with Crippen LogP contribution < -0.4 is 0 Å². The Hall–Kier alpha value is -0.210. The summed E-state index contributed by atoms with van der Waals surface area (Å²) < 4.78 is 37.3. The van der Waals surface area contributed by atoms with Crippen molar-refractivity contribution >= 4 is 0 Å². The zero-order chi connectivity index (χ0) is 13.9. The van der Waals surface area contributed by atoms with Crippen LogP contribution in [0.3, 0.4) is 0 Å². The highest BCUT2D eigenvalue weighted by molar-refractivity contribution is 4.65. The van der Waals surface area contributed by atoms with Gasteiger partial charge in [-0.25, -0.2) is 0 Å². The lowest BCUT2D eigenvalue weighted by Gasteiger charge is -2.18. The standard InChI is InChI=1S/C15H29F3/c1-3-5-7-8-10-12-14(11-9-6-4-2)13-15(16,17)18/h14H,3-13H2,1-2H3. The molecule has 0 amide bonds. The van der Waals surface area contributed by atoms with Crippen LogP contribution in [0.15, 0.2) is 0 Å². The molecule has 0 aliphatic rings. The van der Waals surface area contributed by atoms with Crippen molar-refractivity contribution < 1.29 is 13.2 Å². The Morgan fingerprint density at radius 3 is 1.67 bits per heavy atom. The zero-order valence-electron chi connectivity index (χ0n) is 12.0. The van der Waals surface area contributed by atoms with E-state index in [1.54, 1.807) is 0 Å². The number of unbranched alkanes of at least 4 members (excludes halogenated alkanes) is 6. The predicted molar refractivity (Wildman–Crippen MR) is 71.7 cm³/mol. The van der Waals surface area contributed by atoms with Crippen LogP contribution in [-0.4, -0.2) is 6.18 Å². The molecular weight excluding hydrogens is 237 g/mol. The summed E-state index contributed by atoms with van der Waals surface area (Å²) in [5.74, 6) is -0.141. The first-order valence-electron chi connectivity index (χ1n) is 7.56. The van der Waals surface area contributed by atoms with Crippen molar-refractivity contribution in [2.45, 2.75) is 90.7 Å². The van der Waals surface area contributed by atoms with E-state index in [0.29, 0.717) is 0 Å². The number of rotatable bonds is 11. The summed E-state index contributed by atoms with van der Waals surface area (Å²) in [5, 5.41) is 0. The molecule has 110 valence electrons. The first-order valence-corrected chi connectivity index (χ1v) is 7.56. The highest BCUT2D eigenvalue weighted by Gasteiger charge is 2.31. The molecule has 1 atom stereocenters. The molecule has 0 aromatic heterocycles. The van der Waals surface area contributed by atoms with E-state index in [1.807, 2.05) is 0 Å². The summed E-state index contributed by atoms with van der Waals surface area (Å²) in [4.78, 5) is 0. The van der Waals surface area contributed by atoms with Gasteiger partial charge in [-0.05, 0) is 5.92 Å². The zero-order valence-corrected chi connectivity index (χ0v) is 12.0. The molecule has 3 heteroatoms. The predicted octanol–water partition coefficient (Wildman–Crippen LogP) is 6.50. The molecule has 0 saturated heterocycles. The summed E-state index contributed by atoms with van der Waals surface area (Å²) in [7, 11) is 0. The van der Waals surface area contributed by atoms with E-state index in [2.05, 4.69) is 13.8 Å². The summed E-state index contributed by atoms with van der Waals surface area (Å²) in [6.07, 6.45) is 5.65. The van der Waals surface area contributed by atoms with Crippen molar-refractivity contribution in [2.75, 3.05) is 0 Å². The molecule has 0 aliphatic heterocycles. The summed E-state index contributed by atoms with van der Waals surface area (Å²) in [6, 6.07) is 0. The van der Waals surface area contributed by atoms with Gasteiger partial charge in [0.25, 0.3) is 0 Å². The van der Waals surface area contributed by atoms with E-state index in [4.69, 9.17) is 0 Å². The normalized spacial score (nSPS) is 13.8. The second-order valence-corrected chi connectivity index (χ2v) is 5.38. The molecule has 18 heavy (non-hydrogen) atoms. The average molecular weight is 266 g/mol. The Kier molecular flexibility index (Phi) is 10.6. The van der Waals surface area contributed by atoms with Crippen LogP contribution in [-0.2, 0) is 0 Å². The van der Waals surface area contributed by atoms with Crippen LogP contribution >= 0.6 is 0 Å². The lowest BCUT2D eigenvalue weighted by Crippen LogP contribution is -2.15. The Balaban J connectivity index is 3.81. The van der Waals surface area contributed by atoms with Gasteiger partial charge in [-0.15, -0.1) is 0 Å². The minimum atomic E-state index is -3.99. The van der Waals surface area contributed by atoms with Crippen LogP contribution in [0.2, 0.25) is 0 Å². The van der Waals surface area contributed by atoms with E-state index < -0.39 is 12.6 Å². The lowest BCUT2D eigenvalue weighted by atomic mass is 9.91. The van der Waals surface area contributed by atoms with Crippen molar-refractivity contribution in [3.05, 3.63) is 0 Å². The molecule has 0 aliphatic carbocycles. The summed E-state index contributed by atoms with van der Waals surface area (Å²) in [5.41, 5.74) is 0.